The highest BCUT2D eigenvalue weighted by Gasteiger charge is 2.59. The third-order valence-corrected chi connectivity index (χ3v) is 10.3. The van der Waals surface area contributed by atoms with Gasteiger partial charge < -0.3 is 4.74 Å². The van der Waals surface area contributed by atoms with Gasteiger partial charge >= 0.3 is 0 Å². The summed E-state index contributed by atoms with van der Waals surface area (Å²) in [7, 11) is 0. The van der Waals surface area contributed by atoms with E-state index in [4.69, 9.17) is 4.74 Å². The molecule has 4 aliphatic rings. The smallest absolute Gasteiger partial charge is 0.132 e. The molecule has 0 radical (unpaired) electrons. The van der Waals surface area contributed by atoms with E-state index in [-0.39, 0.29) is 0 Å². The van der Waals surface area contributed by atoms with Crippen molar-refractivity contribution >= 4 is 5.78 Å². The number of ether oxygens (including phenoxy) is 1. The van der Waals surface area contributed by atoms with E-state index < -0.39 is 0 Å². The van der Waals surface area contributed by atoms with Crippen LogP contribution in [-0.4, -0.2) is 11.9 Å². The number of carbonyl (C=O) groups is 1. The molecule has 3 unspecified atom stereocenters. The molecule has 0 spiro atoms. The van der Waals surface area contributed by atoms with Crippen LogP contribution in [0.3, 0.4) is 0 Å². The molecule has 4 saturated carbocycles. The van der Waals surface area contributed by atoms with Crippen LogP contribution < -0.4 is 0 Å². The number of hydrogen-bond acceptors (Lipinski definition) is 2. The Morgan fingerprint density at radius 3 is 2.57 bits per heavy atom. The molecule has 1 aromatic carbocycles. The minimum atomic E-state index is 0.339. The van der Waals surface area contributed by atoms with Crippen molar-refractivity contribution in [2.75, 3.05) is 0 Å². The second kappa shape index (κ2) is 7.76. The Kier molecular flexibility index (Phi) is 5.37. The summed E-state index contributed by atoms with van der Waals surface area (Å²) in [5.74, 6) is 4.12. The van der Waals surface area contributed by atoms with Crippen molar-refractivity contribution in [1.29, 1.82) is 0 Å². The summed E-state index contributed by atoms with van der Waals surface area (Å²) in [4.78, 5) is 12.2. The molecule has 0 aliphatic heterocycles. The molecule has 0 bridgehead atoms. The summed E-state index contributed by atoms with van der Waals surface area (Å²) in [6.07, 6.45) is 12.1. The highest BCUT2D eigenvalue weighted by atomic mass is 16.5. The van der Waals surface area contributed by atoms with Gasteiger partial charge in [-0.15, -0.1) is 0 Å². The van der Waals surface area contributed by atoms with Crippen molar-refractivity contribution in [3.8, 4) is 0 Å². The van der Waals surface area contributed by atoms with E-state index in [0.717, 1.165) is 36.7 Å². The zero-order valence-electron chi connectivity index (χ0n) is 19.2. The fourth-order valence-electron chi connectivity index (χ4n) is 8.53. The number of fused-ring (bicyclic) bond motifs is 5. The summed E-state index contributed by atoms with van der Waals surface area (Å²) in [6.45, 7) is 7.73. The van der Waals surface area contributed by atoms with Gasteiger partial charge in [0.25, 0.3) is 0 Å². The lowest BCUT2D eigenvalue weighted by Gasteiger charge is -2.60. The van der Waals surface area contributed by atoms with E-state index in [9.17, 15) is 4.79 Å². The Morgan fingerprint density at radius 1 is 1.00 bits per heavy atom. The van der Waals surface area contributed by atoms with Gasteiger partial charge in [0.2, 0.25) is 0 Å². The van der Waals surface area contributed by atoms with Gasteiger partial charge in [0.15, 0.2) is 0 Å². The zero-order valence-corrected chi connectivity index (χ0v) is 19.2. The maximum atomic E-state index is 12.2. The van der Waals surface area contributed by atoms with Crippen molar-refractivity contribution in [3.05, 3.63) is 35.9 Å². The average molecular weight is 409 g/mol. The second-order valence-electron chi connectivity index (χ2n) is 11.8. The lowest BCUT2D eigenvalue weighted by atomic mass is 9.45. The third kappa shape index (κ3) is 3.48. The molecular formula is C28H40O2. The number of carbonyl (C=O) groups excluding carboxylic acids is 1. The third-order valence-electron chi connectivity index (χ3n) is 10.3. The molecule has 164 valence electrons. The fraction of sp³-hybridized carbons (Fsp3) is 0.750. The van der Waals surface area contributed by atoms with Crippen molar-refractivity contribution in [1.82, 2.24) is 0 Å². The normalized spacial score (nSPS) is 45.3. The van der Waals surface area contributed by atoms with Crippen molar-refractivity contribution < 1.29 is 9.53 Å². The monoisotopic (exact) mass is 408 g/mol. The van der Waals surface area contributed by atoms with Gasteiger partial charge in [-0.05, 0) is 105 Å². The topological polar surface area (TPSA) is 26.3 Å². The van der Waals surface area contributed by atoms with E-state index in [2.05, 4.69) is 44.2 Å². The molecule has 0 saturated heterocycles. The van der Waals surface area contributed by atoms with Gasteiger partial charge in [0.05, 0.1) is 12.7 Å². The average Bonchev–Trinajstić information content (AvgIpc) is 3.11. The molecule has 2 heteroatoms. The molecule has 0 N–H and O–H groups in total. The van der Waals surface area contributed by atoms with Gasteiger partial charge in [0.1, 0.15) is 5.78 Å². The number of hydrogen-bond donors (Lipinski definition) is 0. The summed E-state index contributed by atoms with van der Waals surface area (Å²) in [5.41, 5.74) is 2.21. The van der Waals surface area contributed by atoms with E-state index in [0.29, 0.717) is 28.6 Å². The molecule has 2 nitrogen and oxygen atoms in total. The van der Waals surface area contributed by atoms with Gasteiger partial charge in [-0.1, -0.05) is 44.2 Å². The highest BCUT2D eigenvalue weighted by Crippen LogP contribution is 2.67. The molecular weight excluding hydrogens is 368 g/mol. The maximum absolute atomic E-state index is 12.2. The molecule has 4 aliphatic carbocycles. The van der Waals surface area contributed by atoms with Crippen LogP contribution in [0.4, 0.5) is 0 Å². The Labute approximate surface area is 183 Å². The summed E-state index contributed by atoms with van der Waals surface area (Å²) >= 11 is 0. The Morgan fingerprint density at radius 2 is 1.80 bits per heavy atom. The van der Waals surface area contributed by atoms with E-state index in [1.807, 2.05) is 6.92 Å². The van der Waals surface area contributed by atoms with Crippen LogP contribution in [0.5, 0.6) is 0 Å². The Hall–Kier alpha value is -1.15. The quantitative estimate of drug-likeness (QED) is 0.546. The van der Waals surface area contributed by atoms with Crippen LogP contribution >= 0.6 is 0 Å². The molecule has 4 fully saturated rings. The summed E-state index contributed by atoms with van der Waals surface area (Å²) in [6, 6.07) is 10.6. The van der Waals surface area contributed by atoms with Gasteiger partial charge in [-0.25, -0.2) is 0 Å². The van der Waals surface area contributed by atoms with E-state index >= 15 is 0 Å². The predicted octanol–water partition coefficient (Wildman–Crippen LogP) is 6.82. The van der Waals surface area contributed by atoms with Gasteiger partial charge in [-0.3, -0.25) is 4.79 Å². The van der Waals surface area contributed by atoms with Gasteiger partial charge in [-0.2, -0.15) is 0 Å². The minimum Gasteiger partial charge on any atom is -0.374 e. The first kappa shape index (κ1) is 20.7. The summed E-state index contributed by atoms with van der Waals surface area (Å²) in [5, 5.41) is 0. The lowest BCUT2D eigenvalue weighted by Crippen LogP contribution is -2.53. The van der Waals surface area contributed by atoms with Gasteiger partial charge in [0, 0.05) is 5.92 Å². The SMILES string of the molecule is CC(=O)C1C[C@H]2[C@@H]3CCC4CC(OCc5ccccc5)CC[C@]4(C)[C@H]3CC[C@]2(C)C1. The van der Waals surface area contributed by atoms with Crippen LogP contribution in [0.15, 0.2) is 30.3 Å². The number of benzene rings is 1. The molecule has 1 aromatic rings. The number of Topliss-reactive ketones (excluding diaryl/α,β-unsaturated/α-hetero) is 1. The standard InChI is InChI=1S/C28H40O2/c1-19(29)21-15-26-24-10-9-22-16-23(30-18-20-7-5-4-6-8-20)11-14-28(22,3)25(24)12-13-27(26,2)17-21/h4-8,21-26H,9-18H2,1-3H3/t21?,22?,23?,24-,25+,26+,27-,28+/m1/s1. The largest absolute Gasteiger partial charge is 0.374 e. The van der Waals surface area contributed by atoms with Crippen LogP contribution in [0.1, 0.15) is 84.1 Å². The first-order valence-electron chi connectivity index (χ1n) is 12.5. The fourth-order valence-corrected chi connectivity index (χ4v) is 8.53. The van der Waals surface area contributed by atoms with E-state index in [1.54, 1.807) is 0 Å². The summed E-state index contributed by atoms with van der Waals surface area (Å²) < 4.78 is 6.39. The van der Waals surface area contributed by atoms with Crippen LogP contribution in [0.25, 0.3) is 0 Å². The lowest BCUT2D eigenvalue weighted by molar-refractivity contribution is -0.131. The predicted molar refractivity (Wildman–Crippen MR) is 121 cm³/mol. The Balaban J connectivity index is 1.26. The first-order valence-corrected chi connectivity index (χ1v) is 12.5. The van der Waals surface area contributed by atoms with Crippen LogP contribution in [0.2, 0.25) is 0 Å². The Bertz CT molecular complexity index is 772. The van der Waals surface area contributed by atoms with Crippen molar-refractivity contribution in [2.24, 2.45) is 40.4 Å². The number of ketones is 1. The minimum absolute atomic E-state index is 0.339. The molecule has 0 amide bonds. The van der Waals surface area contributed by atoms with E-state index in [1.165, 1.54) is 56.9 Å². The molecule has 0 aromatic heterocycles. The molecule has 5 rings (SSSR count). The number of rotatable bonds is 4. The van der Waals surface area contributed by atoms with Crippen molar-refractivity contribution in [3.63, 3.8) is 0 Å². The second-order valence-corrected chi connectivity index (χ2v) is 11.8. The zero-order chi connectivity index (χ0) is 20.9. The van der Waals surface area contributed by atoms with Crippen LogP contribution in [-0.2, 0) is 16.1 Å². The first-order chi connectivity index (χ1) is 14.4. The van der Waals surface area contributed by atoms with Crippen molar-refractivity contribution in [2.45, 2.75) is 91.3 Å². The molecule has 30 heavy (non-hydrogen) atoms. The maximum Gasteiger partial charge on any atom is 0.132 e. The van der Waals surface area contributed by atoms with Crippen LogP contribution in [0, 0.1) is 40.4 Å². The highest BCUT2D eigenvalue weighted by molar-refractivity contribution is 5.78. The molecule has 8 atom stereocenters. The molecule has 0 heterocycles.